The summed E-state index contributed by atoms with van der Waals surface area (Å²) in [5, 5.41) is 0. The van der Waals surface area contributed by atoms with Gasteiger partial charge >= 0.3 is 0 Å². The van der Waals surface area contributed by atoms with E-state index in [1.807, 2.05) is 0 Å². The van der Waals surface area contributed by atoms with E-state index in [0.717, 1.165) is 6.42 Å². The number of hydrogen-bond donors (Lipinski definition) is 1. The average Bonchev–Trinajstić information content (AvgIpc) is 2.81. The van der Waals surface area contributed by atoms with Crippen LogP contribution in [0.2, 0.25) is 0 Å². The minimum atomic E-state index is -0.336. The van der Waals surface area contributed by atoms with Gasteiger partial charge in [0.05, 0.1) is 25.3 Å². The fraction of sp³-hybridized carbons (Fsp3) is 0.385. The van der Waals surface area contributed by atoms with Crippen LogP contribution in [0.5, 0.6) is 5.75 Å². The van der Waals surface area contributed by atoms with Crippen LogP contribution >= 0.6 is 0 Å². The van der Waals surface area contributed by atoms with Crippen molar-refractivity contribution in [2.75, 3.05) is 19.8 Å². The fourth-order valence-electron chi connectivity index (χ4n) is 1.63. The molecular formula is C13H14FNO2. The summed E-state index contributed by atoms with van der Waals surface area (Å²) in [6.07, 6.45) is 0.801. The predicted molar refractivity (Wildman–Crippen MR) is 62.2 cm³/mol. The lowest BCUT2D eigenvalue weighted by Crippen LogP contribution is -2.16. The van der Waals surface area contributed by atoms with Crippen LogP contribution in [0.1, 0.15) is 12.0 Å². The maximum atomic E-state index is 13.2. The molecule has 1 aliphatic rings. The summed E-state index contributed by atoms with van der Waals surface area (Å²) < 4.78 is 24.0. The van der Waals surface area contributed by atoms with Crippen LogP contribution in [0, 0.1) is 17.7 Å². The van der Waals surface area contributed by atoms with Crippen molar-refractivity contribution in [3.63, 3.8) is 0 Å². The highest BCUT2D eigenvalue weighted by Gasteiger charge is 2.18. The van der Waals surface area contributed by atoms with Crippen molar-refractivity contribution >= 4 is 0 Å². The van der Waals surface area contributed by atoms with Gasteiger partial charge in [-0.15, -0.1) is 0 Å². The number of halogens is 1. The Hall–Kier alpha value is -1.57. The summed E-state index contributed by atoms with van der Waals surface area (Å²) in [5.41, 5.74) is 5.97. The molecule has 1 aromatic carbocycles. The highest BCUT2D eigenvalue weighted by atomic mass is 19.1. The molecule has 1 aliphatic heterocycles. The number of rotatable bonds is 2. The molecule has 1 unspecified atom stereocenters. The molecule has 1 atom stereocenters. The molecule has 4 heteroatoms. The van der Waals surface area contributed by atoms with E-state index in [1.54, 1.807) is 6.07 Å². The topological polar surface area (TPSA) is 44.5 Å². The van der Waals surface area contributed by atoms with Gasteiger partial charge in [0.2, 0.25) is 0 Å². The van der Waals surface area contributed by atoms with Gasteiger partial charge in [-0.25, -0.2) is 4.39 Å². The molecule has 2 rings (SSSR count). The summed E-state index contributed by atoms with van der Waals surface area (Å²) in [6, 6.07) is 4.31. The second-order valence-electron chi connectivity index (χ2n) is 3.75. The molecule has 0 saturated carbocycles. The van der Waals surface area contributed by atoms with E-state index in [9.17, 15) is 4.39 Å². The molecule has 1 aromatic rings. The third-order valence-corrected chi connectivity index (χ3v) is 2.45. The molecule has 1 saturated heterocycles. The average molecular weight is 235 g/mol. The first-order chi connectivity index (χ1) is 8.29. The predicted octanol–water partition coefficient (Wildman–Crippen LogP) is 1.30. The van der Waals surface area contributed by atoms with E-state index in [1.165, 1.54) is 12.1 Å². The second kappa shape index (κ2) is 5.67. The zero-order valence-electron chi connectivity index (χ0n) is 9.41. The first-order valence-corrected chi connectivity index (χ1v) is 5.52. The zero-order valence-corrected chi connectivity index (χ0v) is 9.41. The number of ether oxygens (including phenoxy) is 2. The van der Waals surface area contributed by atoms with Crippen molar-refractivity contribution in [2.45, 2.75) is 12.5 Å². The summed E-state index contributed by atoms with van der Waals surface area (Å²) in [4.78, 5) is 0. The Morgan fingerprint density at radius 3 is 3.12 bits per heavy atom. The van der Waals surface area contributed by atoms with Gasteiger partial charge in [0.25, 0.3) is 0 Å². The Balaban J connectivity index is 2.19. The minimum Gasteiger partial charge on any atom is -0.487 e. The Morgan fingerprint density at radius 1 is 1.53 bits per heavy atom. The quantitative estimate of drug-likeness (QED) is 0.786. The number of nitrogens with two attached hydrogens (primary N) is 1. The summed E-state index contributed by atoms with van der Waals surface area (Å²) in [6.45, 7) is 1.49. The molecule has 17 heavy (non-hydrogen) atoms. The van der Waals surface area contributed by atoms with Gasteiger partial charge in [-0.1, -0.05) is 11.8 Å². The molecule has 0 radical (unpaired) electrons. The first-order valence-electron chi connectivity index (χ1n) is 5.52. The SMILES string of the molecule is NCC#Cc1ccc(F)cc1OC1CCOC1. The Bertz CT molecular complexity index is 444. The molecular weight excluding hydrogens is 221 g/mol. The van der Waals surface area contributed by atoms with Crippen molar-refractivity contribution in [3.8, 4) is 17.6 Å². The van der Waals surface area contributed by atoms with Gasteiger partial charge in [-0.05, 0) is 12.1 Å². The Kier molecular flexibility index (Phi) is 3.97. The van der Waals surface area contributed by atoms with E-state index >= 15 is 0 Å². The van der Waals surface area contributed by atoms with E-state index < -0.39 is 0 Å². The molecule has 0 spiro atoms. The molecule has 0 amide bonds. The van der Waals surface area contributed by atoms with E-state index in [-0.39, 0.29) is 18.5 Å². The fourth-order valence-corrected chi connectivity index (χ4v) is 1.63. The van der Waals surface area contributed by atoms with Crippen LogP contribution < -0.4 is 10.5 Å². The van der Waals surface area contributed by atoms with Crippen molar-refractivity contribution in [1.82, 2.24) is 0 Å². The number of benzene rings is 1. The molecule has 2 N–H and O–H groups in total. The highest BCUT2D eigenvalue weighted by Crippen LogP contribution is 2.22. The van der Waals surface area contributed by atoms with Crippen LogP contribution in [0.4, 0.5) is 4.39 Å². The maximum Gasteiger partial charge on any atom is 0.138 e. The lowest BCUT2D eigenvalue weighted by atomic mass is 10.2. The highest BCUT2D eigenvalue weighted by molar-refractivity contribution is 5.46. The van der Waals surface area contributed by atoms with Crippen LogP contribution in [-0.2, 0) is 4.74 Å². The third kappa shape index (κ3) is 3.19. The maximum absolute atomic E-state index is 13.2. The van der Waals surface area contributed by atoms with Crippen molar-refractivity contribution in [3.05, 3.63) is 29.6 Å². The molecule has 0 bridgehead atoms. The molecule has 1 fully saturated rings. The molecule has 3 nitrogen and oxygen atoms in total. The molecule has 1 heterocycles. The van der Waals surface area contributed by atoms with E-state index in [2.05, 4.69) is 11.8 Å². The van der Waals surface area contributed by atoms with Gasteiger partial charge in [-0.3, -0.25) is 0 Å². The molecule has 0 aliphatic carbocycles. The second-order valence-corrected chi connectivity index (χ2v) is 3.75. The third-order valence-electron chi connectivity index (χ3n) is 2.45. The monoisotopic (exact) mass is 235 g/mol. The van der Waals surface area contributed by atoms with Gasteiger partial charge in [0.15, 0.2) is 0 Å². The van der Waals surface area contributed by atoms with Crippen LogP contribution in [-0.4, -0.2) is 25.9 Å². The summed E-state index contributed by atoms with van der Waals surface area (Å²) in [5.74, 6) is 5.72. The van der Waals surface area contributed by atoms with Gasteiger partial charge < -0.3 is 15.2 Å². The van der Waals surface area contributed by atoms with Crippen molar-refractivity contribution in [2.24, 2.45) is 5.73 Å². The van der Waals surface area contributed by atoms with E-state index in [0.29, 0.717) is 24.5 Å². The summed E-state index contributed by atoms with van der Waals surface area (Å²) in [7, 11) is 0. The molecule has 90 valence electrons. The summed E-state index contributed by atoms with van der Waals surface area (Å²) >= 11 is 0. The van der Waals surface area contributed by atoms with Crippen LogP contribution in [0.3, 0.4) is 0 Å². The smallest absolute Gasteiger partial charge is 0.138 e. The van der Waals surface area contributed by atoms with Crippen molar-refractivity contribution in [1.29, 1.82) is 0 Å². The normalized spacial score (nSPS) is 18.6. The van der Waals surface area contributed by atoms with Crippen molar-refractivity contribution < 1.29 is 13.9 Å². The van der Waals surface area contributed by atoms with Gasteiger partial charge in [-0.2, -0.15) is 0 Å². The number of hydrogen-bond acceptors (Lipinski definition) is 3. The zero-order chi connectivity index (χ0) is 12.1. The van der Waals surface area contributed by atoms with E-state index in [4.69, 9.17) is 15.2 Å². The Morgan fingerprint density at radius 2 is 2.41 bits per heavy atom. The van der Waals surface area contributed by atoms with Gasteiger partial charge in [0.1, 0.15) is 17.7 Å². The Labute approximate surface area is 99.7 Å². The largest absolute Gasteiger partial charge is 0.487 e. The van der Waals surface area contributed by atoms with Crippen LogP contribution in [0.25, 0.3) is 0 Å². The lowest BCUT2D eigenvalue weighted by Gasteiger charge is -2.13. The molecule has 0 aromatic heterocycles. The first kappa shape index (κ1) is 11.9. The van der Waals surface area contributed by atoms with Gasteiger partial charge in [0, 0.05) is 12.5 Å². The minimum absolute atomic E-state index is 0.0183. The lowest BCUT2D eigenvalue weighted by molar-refractivity contribution is 0.141. The van der Waals surface area contributed by atoms with Crippen LogP contribution in [0.15, 0.2) is 18.2 Å². The standard InChI is InChI=1S/C13H14FNO2/c14-11-4-3-10(2-1-6-15)13(8-11)17-12-5-7-16-9-12/h3-4,8,12H,5-7,9,15H2.